The highest BCUT2D eigenvalue weighted by Crippen LogP contribution is 2.32. The molecule has 4 rings (SSSR count). The average Bonchev–Trinajstić information content (AvgIpc) is 3.20. The van der Waals surface area contributed by atoms with Gasteiger partial charge in [-0.1, -0.05) is 42.5 Å². The summed E-state index contributed by atoms with van der Waals surface area (Å²) in [7, 11) is 0. The van der Waals surface area contributed by atoms with Crippen molar-refractivity contribution in [2.24, 2.45) is 0 Å². The van der Waals surface area contributed by atoms with Gasteiger partial charge in [-0.15, -0.1) is 0 Å². The van der Waals surface area contributed by atoms with E-state index in [2.05, 4.69) is 9.88 Å². The second-order valence-electron chi connectivity index (χ2n) is 6.20. The van der Waals surface area contributed by atoms with Crippen molar-refractivity contribution in [2.45, 2.75) is 25.8 Å². The van der Waals surface area contributed by atoms with Crippen LogP contribution < -0.4 is 5.32 Å². The summed E-state index contributed by atoms with van der Waals surface area (Å²) in [4.78, 5) is 17.2. The lowest BCUT2D eigenvalue weighted by Crippen LogP contribution is -2.17. The van der Waals surface area contributed by atoms with Gasteiger partial charge in [-0.3, -0.25) is 4.79 Å². The molecule has 1 aliphatic heterocycles. The number of nitrogens with zero attached hydrogens (tertiary/aromatic N) is 2. The molecular weight excluding hydrogens is 317 g/mol. The van der Waals surface area contributed by atoms with Gasteiger partial charge in [0.1, 0.15) is 23.2 Å². The molecule has 3 aromatic rings. The number of carbonyl (C=O) groups excluding carboxylic acids is 1. The molecule has 1 amide bonds. The van der Waals surface area contributed by atoms with Gasteiger partial charge < -0.3 is 9.88 Å². The number of hydrogen-bond acceptors (Lipinski definition) is 2. The minimum absolute atomic E-state index is 0.126. The first-order valence-electron chi connectivity index (χ1n) is 8.40. The first-order valence-corrected chi connectivity index (χ1v) is 8.40. The molecule has 1 aromatic heterocycles. The fourth-order valence-electron chi connectivity index (χ4n) is 3.21. The zero-order valence-corrected chi connectivity index (χ0v) is 13.7. The minimum Gasteiger partial charge on any atom is -0.314 e. The van der Waals surface area contributed by atoms with Crippen molar-refractivity contribution < 1.29 is 9.18 Å². The maximum absolute atomic E-state index is 13.0. The lowest BCUT2D eigenvalue weighted by atomic mass is 10.1. The number of benzene rings is 2. The van der Waals surface area contributed by atoms with Crippen LogP contribution in [0.3, 0.4) is 0 Å². The molecule has 0 spiro atoms. The fraction of sp³-hybridized carbons (Fsp3) is 0.200. The van der Waals surface area contributed by atoms with Gasteiger partial charge in [0.25, 0.3) is 0 Å². The van der Waals surface area contributed by atoms with Gasteiger partial charge in [0.05, 0.1) is 6.42 Å². The summed E-state index contributed by atoms with van der Waals surface area (Å²) in [6, 6.07) is 15.9. The number of aromatic nitrogens is 2. The number of amides is 1. The van der Waals surface area contributed by atoms with Crippen LogP contribution in [0, 0.1) is 5.82 Å². The second-order valence-corrected chi connectivity index (χ2v) is 6.20. The van der Waals surface area contributed by atoms with E-state index in [1.54, 1.807) is 12.1 Å². The summed E-state index contributed by atoms with van der Waals surface area (Å²) in [6.07, 6.45) is 2.17. The van der Waals surface area contributed by atoms with Crippen LogP contribution in [-0.2, 0) is 24.2 Å². The predicted molar refractivity (Wildman–Crippen MR) is 94.7 cm³/mol. The Balaban J connectivity index is 1.61. The molecule has 2 aromatic carbocycles. The van der Waals surface area contributed by atoms with Gasteiger partial charge in [0.2, 0.25) is 5.91 Å². The molecule has 0 fully saturated rings. The van der Waals surface area contributed by atoms with Gasteiger partial charge in [0.15, 0.2) is 0 Å². The molecule has 0 radical (unpaired) electrons. The molecule has 5 heteroatoms. The smallest absolute Gasteiger partial charge is 0.229 e. The molecule has 0 atom stereocenters. The van der Waals surface area contributed by atoms with Gasteiger partial charge in [0, 0.05) is 18.5 Å². The first kappa shape index (κ1) is 15.6. The number of anilines is 1. The van der Waals surface area contributed by atoms with E-state index < -0.39 is 0 Å². The molecule has 1 N–H and O–H groups in total. The molecule has 25 heavy (non-hydrogen) atoms. The fourth-order valence-corrected chi connectivity index (χ4v) is 3.21. The van der Waals surface area contributed by atoms with Crippen molar-refractivity contribution in [3.8, 4) is 11.3 Å². The summed E-state index contributed by atoms with van der Waals surface area (Å²) in [5, 5.41) is 3.02. The van der Waals surface area contributed by atoms with Gasteiger partial charge in [-0.25, -0.2) is 9.37 Å². The SMILES string of the molecule is O=C(Cc1ccc(F)cc1)Nc1c(-c2ccccc2)nc2n1CCC2. The Labute approximate surface area is 145 Å². The minimum atomic E-state index is -0.302. The Morgan fingerprint density at radius 1 is 1.12 bits per heavy atom. The number of halogens is 1. The third kappa shape index (κ3) is 3.18. The van der Waals surface area contributed by atoms with Crippen LogP contribution in [0.1, 0.15) is 17.8 Å². The van der Waals surface area contributed by atoms with Crippen LogP contribution in [0.25, 0.3) is 11.3 Å². The normalized spacial score (nSPS) is 12.8. The highest BCUT2D eigenvalue weighted by Gasteiger charge is 2.23. The highest BCUT2D eigenvalue weighted by molar-refractivity contribution is 5.95. The second kappa shape index (κ2) is 6.51. The molecule has 0 unspecified atom stereocenters. The van der Waals surface area contributed by atoms with Crippen LogP contribution in [-0.4, -0.2) is 15.5 Å². The molecule has 0 saturated carbocycles. The number of hydrogen-bond donors (Lipinski definition) is 1. The molecule has 0 saturated heterocycles. The number of nitrogens with one attached hydrogen (secondary N) is 1. The standard InChI is InChI=1S/C20H18FN3O/c21-16-10-8-14(9-11-16)13-18(25)23-20-19(15-5-2-1-3-6-15)22-17-7-4-12-24(17)20/h1-3,5-6,8-11H,4,7,12-13H2,(H,23,25). The van der Waals surface area contributed by atoms with Crippen LogP contribution in [0.5, 0.6) is 0 Å². The van der Waals surface area contributed by atoms with E-state index in [0.717, 1.165) is 47.8 Å². The van der Waals surface area contributed by atoms with Crippen LogP contribution in [0.2, 0.25) is 0 Å². The maximum Gasteiger partial charge on any atom is 0.229 e. The molecule has 0 bridgehead atoms. The third-order valence-corrected chi connectivity index (χ3v) is 4.41. The number of rotatable bonds is 4. The van der Waals surface area contributed by atoms with Crippen molar-refractivity contribution >= 4 is 11.7 Å². The third-order valence-electron chi connectivity index (χ3n) is 4.41. The molecule has 126 valence electrons. The van der Waals surface area contributed by atoms with E-state index in [0.29, 0.717) is 0 Å². The van der Waals surface area contributed by atoms with E-state index in [1.165, 1.54) is 12.1 Å². The molecular formula is C20H18FN3O. The Kier molecular flexibility index (Phi) is 4.06. The van der Waals surface area contributed by atoms with Gasteiger partial charge in [-0.2, -0.15) is 0 Å². The lowest BCUT2D eigenvalue weighted by molar-refractivity contribution is -0.115. The molecule has 0 aliphatic carbocycles. The first-order chi connectivity index (χ1) is 12.2. The predicted octanol–water partition coefficient (Wildman–Crippen LogP) is 3.82. The number of carbonyl (C=O) groups is 1. The van der Waals surface area contributed by atoms with Crippen molar-refractivity contribution in [3.05, 3.63) is 71.8 Å². The highest BCUT2D eigenvalue weighted by atomic mass is 19.1. The molecule has 2 heterocycles. The Hall–Kier alpha value is -2.95. The summed E-state index contributed by atoms with van der Waals surface area (Å²) < 4.78 is 15.1. The summed E-state index contributed by atoms with van der Waals surface area (Å²) in [5.74, 6) is 1.34. The monoisotopic (exact) mass is 335 g/mol. The summed E-state index contributed by atoms with van der Waals surface area (Å²) in [5.41, 5.74) is 2.57. The van der Waals surface area contributed by atoms with Crippen LogP contribution >= 0.6 is 0 Å². The van der Waals surface area contributed by atoms with Crippen LogP contribution in [0.4, 0.5) is 10.2 Å². The van der Waals surface area contributed by atoms with E-state index >= 15 is 0 Å². The topological polar surface area (TPSA) is 46.9 Å². The summed E-state index contributed by atoms with van der Waals surface area (Å²) in [6.45, 7) is 0.862. The van der Waals surface area contributed by atoms with E-state index in [4.69, 9.17) is 4.98 Å². The zero-order chi connectivity index (χ0) is 17.2. The summed E-state index contributed by atoms with van der Waals surface area (Å²) >= 11 is 0. The van der Waals surface area contributed by atoms with E-state index in [1.807, 2.05) is 30.3 Å². The van der Waals surface area contributed by atoms with E-state index in [9.17, 15) is 9.18 Å². The van der Waals surface area contributed by atoms with Gasteiger partial charge in [-0.05, 0) is 24.1 Å². The van der Waals surface area contributed by atoms with Crippen molar-refractivity contribution in [3.63, 3.8) is 0 Å². The number of fused-ring (bicyclic) bond motifs is 1. The maximum atomic E-state index is 13.0. The number of imidazole rings is 1. The largest absolute Gasteiger partial charge is 0.314 e. The Morgan fingerprint density at radius 3 is 2.64 bits per heavy atom. The van der Waals surface area contributed by atoms with Crippen LogP contribution in [0.15, 0.2) is 54.6 Å². The molecule has 1 aliphatic rings. The average molecular weight is 335 g/mol. The lowest BCUT2D eigenvalue weighted by Gasteiger charge is -2.10. The van der Waals surface area contributed by atoms with E-state index in [-0.39, 0.29) is 18.1 Å². The van der Waals surface area contributed by atoms with Crippen molar-refractivity contribution in [1.82, 2.24) is 9.55 Å². The Morgan fingerprint density at radius 2 is 1.88 bits per heavy atom. The Bertz CT molecular complexity index is 901. The van der Waals surface area contributed by atoms with Crippen molar-refractivity contribution in [2.75, 3.05) is 5.32 Å². The zero-order valence-electron chi connectivity index (χ0n) is 13.7. The molecule has 4 nitrogen and oxygen atoms in total. The van der Waals surface area contributed by atoms with Gasteiger partial charge >= 0.3 is 0 Å². The van der Waals surface area contributed by atoms with Crippen molar-refractivity contribution in [1.29, 1.82) is 0 Å². The number of aryl methyl sites for hydroxylation is 1. The quantitative estimate of drug-likeness (QED) is 0.788.